The molecule has 0 aliphatic heterocycles. The van der Waals surface area contributed by atoms with Gasteiger partial charge in [0.1, 0.15) is 0 Å². The molecule has 0 N–H and O–H groups in total. The number of hydrogen-bond donors (Lipinski definition) is 0. The van der Waals surface area contributed by atoms with Crippen LogP contribution in [0.25, 0.3) is 0 Å². The van der Waals surface area contributed by atoms with E-state index in [1.807, 2.05) is 0 Å². The molecule has 0 saturated heterocycles. The highest BCUT2D eigenvalue weighted by atomic mass is 19.4. The standard InChI is InChI=1S/C16H24F6/c1-9-11(5-3-7-13(9)15(17,18)19)12-6-4-8-14(10(12)2)16(20,21)22/h9-14H,3-8H2,1-2H3. The first-order valence-corrected chi connectivity index (χ1v) is 8.17. The number of rotatable bonds is 1. The van der Waals surface area contributed by atoms with Crippen LogP contribution in [-0.4, -0.2) is 12.4 Å². The first-order chi connectivity index (χ1) is 10.0. The van der Waals surface area contributed by atoms with Gasteiger partial charge in [0.05, 0.1) is 11.8 Å². The molecule has 130 valence electrons. The minimum atomic E-state index is -4.24. The zero-order valence-corrected chi connectivity index (χ0v) is 13.0. The maximum Gasteiger partial charge on any atom is 0.392 e. The van der Waals surface area contributed by atoms with Crippen molar-refractivity contribution in [2.45, 2.75) is 64.7 Å². The average Bonchev–Trinajstić information content (AvgIpc) is 2.37. The molecule has 0 heterocycles. The molecule has 2 fully saturated rings. The predicted octanol–water partition coefficient (Wildman–Crippen LogP) is 6.22. The fourth-order valence-electron chi connectivity index (χ4n) is 4.93. The Hall–Kier alpha value is -0.420. The fraction of sp³-hybridized carbons (Fsp3) is 1.00. The SMILES string of the molecule is CC1C(C2CCCC(C(F)(F)F)C2C)CCCC1C(F)(F)F. The molecule has 0 nitrogen and oxygen atoms in total. The fourth-order valence-corrected chi connectivity index (χ4v) is 4.93. The minimum Gasteiger partial charge on any atom is -0.171 e. The van der Waals surface area contributed by atoms with Crippen molar-refractivity contribution in [3.05, 3.63) is 0 Å². The molecular formula is C16H24F6. The van der Waals surface area contributed by atoms with Gasteiger partial charge in [-0.05, 0) is 49.4 Å². The van der Waals surface area contributed by atoms with Gasteiger partial charge in [0, 0.05) is 0 Å². The molecule has 6 unspecified atom stereocenters. The van der Waals surface area contributed by atoms with Crippen molar-refractivity contribution in [2.75, 3.05) is 0 Å². The third kappa shape index (κ3) is 3.56. The summed E-state index contributed by atoms with van der Waals surface area (Å²) in [6.07, 6.45) is -6.03. The van der Waals surface area contributed by atoms with Gasteiger partial charge in [-0.3, -0.25) is 0 Å². The van der Waals surface area contributed by atoms with Crippen molar-refractivity contribution in [2.24, 2.45) is 35.5 Å². The van der Waals surface area contributed by atoms with Crippen molar-refractivity contribution in [3.8, 4) is 0 Å². The first-order valence-electron chi connectivity index (χ1n) is 8.17. The largest absolute Gasteiger partial charge is 0.392 e. The van der Waals surface area contributed by atoms with Gasteiger partial charge >= 0.3 is 12.4 Å². The molecular weight excluding hydrogens is 306 g/mol. The number of hydrogen-bond acceptors (Lipinski definition) is 0. The van der Waals surface area contributed by atoms with Crippen molar-refractivity contribution < 1.29 is 26.3 Å². The molecule has 2 aliphatic rings. The summed E-state index contributed by atoms with van der Waals surface area (Å²) in [4.78, 5) is 0. The van der Waals surface area contributed by atoms with Crippen LogP contribution < -0.4 is 0 Å². The average molecular weight is 330 g/mol. The first kappa shape index (κ1) is 17.9. The zero-order valence-electron chi connectivity index (χ0n) is 13.0. The van der Waals surface area contributed by atoms with Gasteiger partial charge in [-0.15, -0.1) is 0 Å². The summed E-state index contributed by atoms with van der Waals surface area (Å²) in [5.41, 5.74) is 0. The van der Waals surface area contributed by atoms with Crippen LogP contribution in [0, 0.1) is 35.5 Å². The number of halogens is 6. The van der Waals surface area contributed by atoms with E-state index >= 15 is 0 Å². The van der Waals surface area contributed by atoms with E-state index in [2.05, 4.69) is 0 Å². The molecule has 0 aromatic heterocycles. The Morgan fingerprint density at radius 2 is 0.909 bits per heavy atom. The quantitative estimate of drug-likeness (QED) is 0.501. The van der Waals surface area contributed by atoms with Gasteiger partial charge in [0.2, 0.25) is 0 Å². The van der Waals surface area contributed by atoms with Gasteiger partial charge < -0.3 is 0 Å². The Kier molecular flexibility index (Phi) is 5.08. The molecule has 0 radical (unpaired) electrons. The van der Waals surface area contributed by atoms with Gasteiger partial charge in [-0.25, -0.2) is 0 Å². The molecule has 0 bridgehead atoms. The molecule has 2 aliphatic carbocycles. The maximum atomic E-state index is 13.1. The third-order valence-electron chi connectivity index (χ3n) is 6.12. The summed E-state index contributed by atoms with van der Waals surface area (Å²) < 4.78 is 78.7. The lowest BCUT2D eigenvalue weighted by molar-refractivity contribution is -0.218. The van der Waals surface area contributed by atoms with E-state index in [9.17, 15) is 26.3 Å². The van der Waals surface area contributed by atoms with Crippen molar-refractivity contribution in [3.63, 3.8) is 0 Å². The lowest BCUT2D eigenvalue weighted by Gasteiger charge is -2.47. The second-order valence-corrected chi connectivity index (χ2v) is 7.20. The van der Waals surface area contributed by atoms with Crippen LogP contribution in [0.2, 0.25) is 0 Å². The molecule has 6 heteroatoms. The van der Waals surface area contributed by atoms with Crippen molar-refractivity contribution >= 4 is 0 Å². The smallest absolute Gasteiger partial charge is 0.171 e. The van der Waals surface area contributed by atoms with E-state index in [0.717, 1.165) is 0 Å². The highest BCUT2D eigenvalue weighted by Gasteiger charge is 2.52. The normalized spacial score (nSPS) is 41.5. The third-order valence-corrected chi connectivity index (χ3v) is 6.12. The molecule has 2 saturated carbocycles. The van der Waals surface area contributed by atoms with Crippen LogP contribution in [0.4, 0.5) is 26.3 Å². The highest BCUT2D eigenvalue weighted by Crippen LogP contribution is 2.53. The second-order valence-electron chi connectivity index (χ2n) is 7.20. The molecule has 0 amide bonds. The van der Waals surface area contributed by atoms with E-state index in [1.54, 1.807) is 13.8 Å². The monoisotopic (exact) mass is 330 g/mol. The predicted molar refractivity (Wildman–Crippen MR) is 72.1 cm³/mol. The highest BCUT2D eigenvalue weighted by molar-refractivity contribution is 4.93. The van der Waals surface area contributed by atoms with Crippen LogP contribution in [0.15, 0.2) is 0 Å². The number of alkyl halides is 6. The van der Waals surface area contributed by atoms with Crippen LogP contribution in [0.3, 0.4) is 0 Å². The van der Waals surface area contributed by atoms with Crippen LogP contribution in [-0.2, 0) is 0 Å². The van der Waals surface area contributed by atoms with Gasteiger partial charge in [0.25, 0.3) is 0 Å². The molecule has 0 aromatic carbocycles. The van der Waals surface area contributed by atoms with E-state index in [1.165, 1.54) is 0 Å². The Morgan fingerprint density at radius 3 is 1.18 bits per heavy atom. The molecule has 0 spiro atoms. The lowest BCUT2D eigenvalue weighted by atomic mass is 9.59. The Balaban J connectivity index is 2.16. The van der Waals surface area contributed by atoms with E-state index < -0.39 is 36.0 Å². The van der Waals surface area contributed by atoms with Gasteiger partial charge in [-0.1, -0.05) is 26.7 Å². The Morgan fingerprint density at radius 1 is 0.591 bits per heavy atom. The van der Waals surface area contributed by atoms with Gasteiger partial charge in [-0.2, -0.15) is 26.3 Å². The zero-order chi connectivity index (χ0) is 16.7. The van der Waals surface area contributed by atoms with E-state index in [-0.39, 0.29) is 24.7 Å². The molecule has 2 rings (SSSR count). The second kappa shape index (κ2) is 6.23. The minimum absolute atomic E-state index is 0.116. The van der Waals surface area contributed by atoms with Crippen LogP contribution >= 0.6 is 0 Å². The van der Waals surface area contributed by atoms with E-state index in [0.29, 0.717) is 25.7 Å². The maximum absolute atomic E-state index is 13.1. The Bertz CT molecular complexity index is 336. The van der Waals surface area contributed by atoms with Gasteiger partial charge in [0.15, 0.2) is 0 Å². The lowest BCUT2D eigenvalue weighted by Crippen LogP contribution is -2.44. The topological polar surface area (TPSA) is 0 Å². The summed E-state index contributed by atoms with van der Waals surface area (Å²) in [5, 5.41) is 0. The van der Waals surface area contributed by atoms with Crippen molar-refractivity contribution in [1.29, 1.82) is 0 Å². The van der Waals surface area contributed by atoms with Crippen molar-refractivity contribution in [1.82, 2.24) is 0 Å². The summed E-state index contributed by atoms with van der Waals surface area (Å²) in [6, 6.07) is 0. The van der Waals surface area contributed by atoms with Crippen LogP contribution in [0.1, 0.15) is 52.4 Å². The summed E-state index contributed by atoms with van der Waals surface area (Å²) in [6.45, 7) is 3.18. The Labute approximate surface area is 127 Å². The summed E-state index contributed by atoms with van der Waals surface area (Å²) >= 11 is 0. The van der Waals surface area contributed by atoms with E-state index in [4.69, 9.17) is 0 Å². The summed E-state index contributed by atoms with van der Waals surface area (Å²) in [5.74, 6) is -4.34. The molecule has 22 heavy (non-hydrogen) atoms. The summed E-state index contributed by atoms with van der Waals surface area (Å²) in [7, 11) is 0. The molecule has 0 aromatic rings. The molecule has 6 atom stereocenters. The van der Waals surface area contributed by atoms with Crippen LogP contribution in [0.5, 0.6) is 0 Å².